The quantitative estimate of drug-likeness (QED) is 0.668. The van der Waals surface area contributed by atoms with Crippen LogP contribution in [0.3, 0.4) is 0 Å². The van der Waals surface area contributed by atoms with Crippen molar-refractivity contribution in [2.75, 3.05) is 10.6 Å². The number of nitrogens with one attached hydrogen (secondary N) is 2. The van der Waals surface area contributed by atoms with Crippen LogP contribution in [0.4, 0.5) is 11.4 Å². The van der Waals surface area contributed by atoms with Gasteiger partial charge in [0.05, 0.1) is 22.1 Å². The first-order chi connectivity index (χ1) is 10.7. The average Bonchev–Trinajstić information content (AvgIpc) is 3.04. The van der Waals surface area contributed by atoms with Crippen molar-refractivity contribution in [3.8, 4) is 5.69 Å². The van der Waals surface area contributed by atoms with E-state index in [-0.39, 0.29) is 0 Å². The van der Waals surface area contributed by atoms with Crippen LogP contribution in [0.1, 0.15) is 0 Å². The Morgan fingerprint density at radius 1 is 0.818 bits per heavy atom. The third-order valence-electron chi connectivity index (χ3n) is 3.16. The van der Waals surface area contributed by atoms with Crippen molar-refractivity contribution in [3.05, 3.63) is 78.1 Å². The number of aromatic nitrogens is 1. The first-order valence-electron chi connectivity index (χ1n) is 6.79. The van der Waals surface area contributed by atoms with Gasteiger partial charge in [0.25, 0.3) is 0 Å². The van der Waals surface area contributed by atoms with Gasteiger partial charge in [-0.3, -0.25) is 0 Å². The molecule has 3 aromatic rings. The summed E-state index contributed by atoms with van der Waals surface area (Å²) in [5.74, 6) is 0. The molecule has 0 aliphatic rings. The number of hydrogen-bond donors (Lipinski definition) is 2. The largest absolute Gasteiger partial charge is 0.331 e. The smallest absolute Gasteiger partial charge is 0.175 e. The second-order valence-corrected chi connectivity index (χ2v) is 5.48. The number of para-hydroxylation sites is 3. The zero-order chi connectivity index (χ0) is 15.4. The van der Waals surface area contributed by atoms with Crippen LogP contribution in [-0.4, -0.2) is 9.68 Å². The molecule has 0 amide bonds. The fourth-order valence-corrected chi connectivity index (χ4v) is 2.54. The number of nitrogens with zero attached hydrogens (tertiary/aromatic N) is 1. The Hall–Kier alpha value is -2.30. The van der Waals surface area contributed by atoms with Crippen LogP contribution in [0.25, 0.3) is 5.69 Å². The van der Waals surface area contributed by atoms with Crippen molar-refractivity contribution >= 4 is 40.3 Å². The van der Waals surface area contributed by atoms with E-state index in [1.807, 2.05) is 77.6 Å². The molecule has 5 heteroatoms. The molecule has 3 rings (SSSR count). The predicted molar refractivity (Wildman–Crippen MR) is 97.1 cm³/mol. The van der Waals surface area contributed by atoms with Crippen LogP contribution in [0, 0.1) is 0 Å². The van der Waals surface area contributed by atoms with Gasteiger partial charge in [0.1, 0.15) is 0 Å². The van der Waals surface area contributed by atoms with Crippen molar-refractivity contribution < 1.29 is 0 Å². The van der Waals surface area contributed by atoms with E-state index in [9.17, 15) is 0 Å². The van der Waals surface area contributed by atoms with E-state index >= 15 is 0 Å². The van der Waals surface area contributed by atoms with Crippen molar-refractivity contribution in [1.82, 2.24) is 4.57 Å². The zero-order valence-corrected chi connectivity index (χ0v) is 13.2. The molecule has 2 aromatic carbocycles. The third kappa shape index (κ3) is 3.30. The Morgan fingerprint density at radius 2 is 1.41 bits per heavy atom. The van der Waals surface area contributed by atoms with E-state index in [4.69, 9.17) is 23.8 Å². The van der Waals surface area contributed by atoms with E-state index in [0.29, 0.717) is 10.1 Å². The maximum atomic E-state index is 6.13. The summed E-state index contributed by atoms with van der Waals surface area (Å²) < 4.78 is 2.03. The minimum absolute atomic E-state index is 0.493. The van der Waals surface area contributed by atoms with Crippen molar-refractivity contribution in [2.45, 2.75) is 0 Å². The molecular formula is C17H14ClN3S. The maximum Gasteiger partial charge on any atom is 0.175 e. The van der Waals surface area contributed by atoms with E-state index < -0.39 is 0 Å². The van der Waals surface area contributed by atoms with Gasteiger partial charge >= 0.3 is 0 Å². The summed E-state index contributed by atoms with van der Waals surface area (Å²) in [6.45, 7) is 0. The summed E-state index contributed by atoms with van der Waals surface area (Å²) in [7, 11) is 0. The van der Waals surface area contributed by atoms with E-state index in [2.05, 4.69) is 10.6 Å². The lowest BCUT2D eigenvalue weighted by molar-refractivity contribution is 1.08. The van der Waals surface area contributed by atoms with Gasteiger partial charge in [-0.25, -0.2) is 0 Å². The summed E-state index contributed by atoms with van der Waals surface area (Å²) in [4.78, 5) is 0. The fourth-order valence-electron chi connectivity index (χ4n) is 2.14. The molecule has 0 fully saturated rings. The average molecular weight is 328 g/mol. The molecule has 1 aromatic heterocycles. The molecule has 0 saturated carbocycles. The number of thiocarbonyl (C=S) groups is 1. The minimum Gasteiger partial charge on any atom is -0.331 e. The number of halogens is 1. The van der Waals surface area contributed by atoms with Gasteiger partial charge in [-0.05, 0) is 48.6 Å². The van der Waals surface area contributed by atoms with Gasteiger partial charge in [0.2, 0.25) is 0 Å². The number of hydrogen-bond acceptors (Lipinski definition) is 1. The van der Waals surface area contributed by atoms with Crippen LogP contribution in [0.2, 0.25) is 5.02 Å². The molecule has 3 nitrogen and oxygen atoms in total. The molecule has 1 heterocycles. The van der Waals surface area contributed by atoms with Gasteiger partial charge in [-0.2, -0.15) is 0 Å². The summed E-state index contributed by atoms with van der Waals surface area (Å²) in [5, 5.41) is 7.45. The Bertz CT molecular complexity index is 784. The molecule has 0 aliphatic carbocycles. The first kappa shape index (κ1) is 14.6. The summed E-state index contributed by atoms with van der Waals surface area (Å²) >= 11 is 11.5. The molecule has 0 aliphatic heterocycles. The molecule has 0 radical (unpaired) electrons. The van der Waals surface area contributed by atoms with Gasteiger partial charge in [0, 0.05) is 12.4 Å². The number of rotatable bonds is 3. The first-order valence-corrected chi connectivity index (χ1v) is 7.57. The van der Waals surface area contributed by atoms with Crippen LogP contribution in [-0.2, 0) is 0 Å². The number of benzene rings is 2. The summed E-state index contributed by atoms with van der Waals surface area (Å²) in [5.41, 5.74) is 2.72. The highest BCUT2D eigenvalue weighted by Gasteiger charge is 2.06. The van der Waals surface area contributed by atoms with E-state index in [1.54, 1.807) is 0 Å². The minimum atomic E-state index is 0.493. The molecule has 0 unspecified atom stereocenters. The van der Waals surface area contributed by atoms with Gasteiger partial charge in [-0.15, -0.1) is 0 Å². The van der Waals surface area contributed by atoms with E-state index in [0.717, 1.165) is 17.1 Å². The monoisotopic (exact) mass is 327 g/mol. The third-order valence-corrected chi connectivity index (χ3v) is 3.69. The highest BCUT2D eigenvalue weighted by Crippen LogP contribution is 2.23. The second-order valence-electron chi connectivity index (χ2n) is 4.67. The van der Waals surface area contributed by atoms with Gasteiger partial charge in [0.15, 0.2) is 5.11 Å². The molecule has 22 heavy (non-hydrogen) atoms. The summed E-state index contributed by atoms with van der Waals surface area (Å²) in [6.07, 6.45) is 3.98. The molecule has 0 atom stereocenters. The van der Waals surface area contributed by atoms with Gasteiger partial charge < -0.3 is 15.2 Å². The Morgan fingerprint density at radius 3 is 2.14 bits per heavy atom. The molecular weight excluding hydrogens is 314 g/mol. The predicted octanol–water partition coefficient (Wildman–Crippen LogP) is 4.94. The van der Waals surface area contributed by atoms with Gasteiger partial charge in [-0.1, -0.05) is 35.9 Å². The van der Waals surface area contributed by atoms with Crippen LogP contribution < -0.4 is 10.6 Å². The van der Waals surface area contributed by atoms with Crippen molar-refractivity contribution in [2.24, 2.45) is 0 Å². The molecule has 110 valence electrons. The lowest BCUT2D eigenvalue weighted by atomic mass is 10.2. The fraction of sp³-hybridized carbons (Fsp3) is 0. The molecule has 2 N–H and O–H groups in total. The van der Waals surface area contributed by atoms with E-state index in [1.165, 1.54) is 0 Å². The topological polar surface area (TPSA) is 29.0 Å². The van der Waals surface area contributed by atoms with Crippen molar-refractivity contribution in [1.29, 1.82) is 0 Å². The van der Waals surface area contributed by atoms with Crippen LogP contribution >= 0.6 is 23.8 Å². The molecule has 0 spiro atoms. The second kappa shape index (κ2) is 6.64. The number of anilines is 2. The summed E-state index contributed by atoms with van der Waals surface area (Å²) in [6, 6.07) is 19.4. The normalized spacial score (nSPS) is 10.2. The van der Waals surface area contributed by atoms with Crippen molar-refractivity contribution in [3.63, 3.8) is 0 Å². The molecule has 0 saturated heterocycles. The highest BCUT2D eigenvalue weighted by molar-refractivity contribution is 7.80. The highest BCUT2D eigenvalue weighted by atomic mass is 35.5. The Kier molecular flexibility index (Phi) is 4.42. The van der Waals surface area contributed by atoms with Crippen LogP contribution in [0.15, 0.2) is 73.1 Å². The maximum absolute atomic E-state index is 6.13. The SMILES string of the molecule is S=C(Nc1ccccc1Cl)Nc1ccccc1-n1cccc1. The Labute approximate surface area is 139 Å². The lowest BCUT2D eigenvalue weighted by Gasteiger charge is -2.15. The zero-order valence-electron chi connectivity index (χ0n) is 11.7. The standard InChI is InChI=1S/C17H14ClN3S/c18-13-7-1-2-8-14(13)19-17(22)20-15-9-3-4-10-16(15)21-11-5-6-12-21/h1-12H,(H2,19,20,22). The van der Waals surface area contributed by atoms with Crippen LogP contribution in [0.5, 0.6) is 0 Å². The molecule has 0 bridgehead atoms. The lowest BCUT2D eigenvalue weighted by Crippen LogP contribution is -2.20. The Balaban J connectivity index is 1.79.